The highest BCUT2D eigenvalue weighted by Gasteiger charge is 2.29. The monoisotopic (exact) mass is 431 g/mol. The lowest BCUT2D eigenvalue weighted by Crippen LogP contribution is -2.40. The Labute approximate surface area is 165 Å². The van der Waals surface area contributed by atoms with Crippen molar-refractivity contribution in [1.82, 2.24) is 9.29 Å². The number of benzene rings is 1. The van der Waals surface area contributed by atoms with Crippen LogP contribution in [0.25, 0.3) is 11.3 Å². The third-order valence-electron chi connectivity index (χ3n) is 4.41. The van der Waals surface area contributed by atoms with Gasteiger partial charge in [-0.2, -0.15) is 8.78 Å². The van der Waals surface area contributed by atoms with E-state index in [2.05, 4.69) is 15.0 Å². The zero-order chi connectivity index (χ0) is 20.3. The average molecular weight is 431 g/mol. The molecule has 0 aliphatic carbocycles. The summed E-state index contributed by atoms with van der Waals surface area (Å²) >= 11 is 1.18. The third kappa shape index (κ3) is 5.03. The van der Waals surface area contributed by atoms with Crippen LogP contribution >= 0.6 is 11.3 Å². The van der Waals surface area contributed by atoms with Crippen molar-refractivity contribution in [3.8, 4) is 17.0 Å². The van der Waals surface area contributed by atoms with Crippen LogP contribution in [0.4, 0.5) is 13.9 Å². The Bertz CT molecular complexity index is 941. The molecule has 1 aliphatic rings. The van der Waals surface area contributed by atoms with Gasteiger partial charge in [0.15, 0.2) is 5.13 Å². The van der Waals surface area contributed by atoms with Crippen LogP contribution in [-0.2, 0) is 14.8 Å². The molecule has 1 fully saturated rings. The Balaban J connectivity index is 1.65. The first-order chi connectivity index (χ1) is 13.2. The number of halogens is 2. The van der Waals surface area contributed by atoms with E-state index in [4.69, 9.17) is 0 Å². The predicted octanol–water partition coefficient (Wildman–Crippen LogP) is 3.02. The van der Waals surface area contributed by atoms with Gasteiger partial charge in [-0.25, -0.2) is 17.7 Å². The molecule has 0 unspecified atom stereocenters. The van der Waals surface area contributed by atoms with Crippen molar-refractivity contribution in [1.29, 1.82) is 0 Å². The van der Waals surface area contributed by atoms with Crippen molar-refractivity contribution in [3.05, 3.63) is 29.6 Å². The van der Waals surface area contributed by atoms with Crippen LogP contribution in [0.1, 0.15) is 12.8 Å². The van der Waals surface area contributed by atoms with Gasteiger partial charge in [0.25, 0.3) is 0 Å². The molecule has 1 saturated heterocycles. The smallest absolute Gasteiger partial charge is 0.387 e. The number of hydrogen-bond acceptors (Lipinski definition) is 6. The summed E-state index contributed by atoms with van der Waals surface area (Å²) in [7, 11) is -3.25. The van der Waals surface area contributed by atoms with Crippen LogP contribution in [-0.4, -0.2) is 49.6 Å². The zero-order valence-electron chi connectivity index (χ0n) is 15.0. The zero-order valence-corrected chi connectivity index (χ0v) is 16.6. The number of piperidine rings is 1. The molecule has 0 radical (unpaired) electrons. The number of anilines is 1. The average Bonchev–Trinajstić information content (AvgIpc) is 3.09. The van der Waals surface area contributed by atoms with E-state index in [1.165, 1.54) is 21.7 Å². The molecular weight excluding hydrogens is 412 g/mol. The highest BCUT2D eigenvalue weighted by molar-refractivity contribution is 7.88. The summed E-state index contributed by atoms with van der Waals surface area (Å²) in [6.07, 6.45) is 2.02. The number of nitrogens with one attached hydrogen (secondary N) is 1. The van der Waals surface area contributed by atoms with E-state index in [-0.39, 0.29) is 17.6 Å². The number of hydrogen-bond donors (Lipinski definition) is 1. The standard InChI is InChI=1S/C17H19F2N3O4S2/c1-28(24,25)22-8-6-11(7-9-22)15(23)21-17-20-13(10-27-17)12-4-2-3-5-14(12)26-16(18)19/h2-5,10-11,16H,6-9H2,1H3,(H,20,21,23). The van der Waals surface area contributed by atoms with E-state index < -0.39 is 16.6 Å². The summed E-state index contributed by atoms with van der Waals surface area (Å²) in [6, 6.07) is 6.30. The van der Waals surface area contributed by atoms with Crippen molar-refractivity contribution < 1.29 is 26.7 Å². The molecule has 0 saturated carbocycles. The topological polar surface area (TPSA) is 88.6 Å². The number of sulfonamides is 1. The van der Waals surface area contributed by atoms with Crippen LogP contribution in [0.2, 0.25) is 0 Å². The number of nitrogens with zero attached hydrogens (tertiary/aromatic N) is 2. The van der Waals surface area contributed by atoms with Crippen LogP contribution in [0.15, 0.2) is 29.6 Å². The van der Waals surface area contributed by atoms with Crippen LogP contribution in [0.5, 0.6) is 5.75 Å². The fourth-order valence-corrected chi connectivity index (χ4v) is 4.58. The summed E-state index contributed by atoms with van der Waals surface area (Å²) in [4.78, 5) is 16.7. The van der Waals surface area contributed by atoms with Gasteiger partial charge in [-0.1, -0.05) is 12.1 Å². The Hall–Kier alpha value is -2.11. The van der Waals surface area contributed by atoms with Gasteiger partial charge < -0.3 is 10.1 Å². The number of alkyl halides is 2. The molecule has 2 heterocycles. The second kappa shape index (κ2) is 8.50. The fraction of sp³-hybridized carbons (Fsp3) is 0.412. The number of carbonyl (C=O) groups excluding carboxylic acids is 1. The number of carbonyl (C=O) groups is 1. The SMILES string of the molecule is CS(=O)(=O)N1CCC(C(=O)Nc2nc(-c3ccccc3OC(F)F)cs2)CC1. The van der Waals surface area contributed by atoms with Crippen molar-refractivity contribution in [2.24, 2.45) is 5.92 Å². The first-order valence-electron chi connectivity index (χ1n) is 8.50. The molecular formula is C17H19F2N3O4S2. The van der Waals surface area contributed by atoms with Gasteiger partial charge >= 0.3 is 6.61 Å². The molecule has 152 valence electrons. The van der Waals surface area contributed by atoms with Crippen LogP contribution in [0, 0.1) is 5.92 Å². The van der Waals surface area contributed by atoms with Crippen molar-refractivity contribution in [3.63, 3.8) is 0 Å². The summed E-state index contributed by atoms with van der Waals surface area (Å²) < 4.78 is 54.1. The second-order valence-electron chi connectivity index (χ2n) is 6.34. The number of thiazole rings is 1. The minimum Gasteiger partial charge on any atom is -0.434 e. The lowest BCUT2D eigenvalue weighted by molar-refractivity contribution is -0.120. The number of rotatable bonds is 6. The first-order valence-corrected chi connectivity index (χ1v) is 11.2. The van der Waals surface area contributed by atoms with Crippen molar-refractivity contribution in [2.75, 3.05) is 24.7 Å². The molecule has 3 rings (SSSR count). The second-order valence-corrected chi connectivity index (χ2v) is 9.18. The largest absolute Gasteiger partial charge is 0.434 e. The molecule has 11 heteroatoms. The quantitative estimate of drug-likeness (QED) is 0.760. The molecule has 1 N–H and O–H groups in total. The van der Waals surface area contributed by atoms with Gasteiger partial charge in [0, 0.05) is 30.0 Å². The van der Waals surface area contributed by atoms with Crippen molar-refractivity contribution >= 4 is 32.4 Å². The van der Waals surface area contributed by atoms with Gasteiger partial charge in [0.2, 0.25) is 15.9 Å². The molecule has 0 bridgehead atoms. The minimum atomic E-state index is -3.25. The number of aromatic nitrogens is 1. The van der Waals surface area contributed by atoms with Gasteiger partial charge in [-0.3, -0.25) is 4.79 Å². The molecule has 1 aromatic carbocycles. The molecule has 28 heavy (non-hydrogen) atoms. The summed E-state index contributed by atoms with van der Waals surface area (Å²) in [5.74, 6) is -0.528. The molecule has 1 amide bonds. The molecule has 0 spiro atoms. The van der Waals surface area contributed by atoms with Gasteiger partial charge in [-0.15, -0.1) is 11.3 Å². The molecule has 7 nitrogen and oxygen atoms in total. The molecule has 0 atom stereocenters. The summed E-state index contributed by atoms with van der Waals surface area (Å²) in [6.45, 7) is -2.34. The summed E-state index contributed by atoms with van der Waals surface area (Å²) in [5.41, 5.74) is 0.824. The van der Waals surface area contributed by atoms with Crippen LogP contribution < -0.4 is 10.1 Å². The van der Waals surface area contributed by atoms with Gasteiger partial charge in [0.1, 0.15) is 5.75 Å². The lowest BCUT2D eigenvalue weighted by Gasteiger charge is -2.29. The maximum Gasteiger partial charge on any atom is 0.387 e. The Morgan fingerprint density at radius 2 is 2.00 bits per heavy atom. The number of amides is 1. The van der Waals surface area contributed by atoms with E-state index in [0.717, 1.165) is 6.26 Å². The highest BCUT2D eigenvalue weighted by atomic mass is 32.2. The molecule has 2 aromatic rings. The van der Waals surface area contributed by atoms with Gasteiger partial charge in [0.05, 0.1) is 11.9 Å². The predicted molar refractivity (Wildman–Crippen MR) is 102 cm³/mol. The lowest BCUT2D eigenvalue weighted by atomic mass is 9.97. The fourth-order valence-electron chi connectivity index (χ4n) is 2.99. The van der Waals surface area contributed by atoms with Crippen LogP contribution in [0.3, 0.4) is 0 Å². The molecule has 1 aliphatic heterocycles. The van der Waals surface area contributed by atoms with E-state index >= 15 is 0 Å². The van der Waals surface area contributed by atoms with E-state index in [1.54, 1.807) is 23.6 Å². The van der Waals surface area contributed by atoms with Gasteiger partial charge in [-0.05, 0) is 25.0 Å². The first kappa shape index (κ1) is 20.6. The Morgan fingerprint density at radius 3 is 2.64 bits per heavy atom. The van der Waals surface area contributed by atoms with E-state index in [9.17, 15) is 22.0 Å². The maximum atomic E-state index is 12.6. The normalized spacial score (nSPS) is 16.3. The number of ether oxygens (including phenoxy) is 1. The van der Waals surface area contributed by atoms with Crippen molar-refractivity contribution in [2.45, 2.75) is 19.5 Å². The Kier molecular flexibility index (Phi) is 6.26. The highest BCUT2D eigenvalue weighted by Crippen LogP contribution is 2.33. The summed E-state index contributed by atoms with van der Waals surface area (Å²) in [5, 5.41) is 4.72. The number of para-hydroxylation sites is 1. The maximum absolute atomic E-state index is 12.6. The minimum absolute atomic E-state index is 0.00817. The molecule has 1 aromatic heterocycles. The third-order valence-corrected chi connectivity index (χ3v) is 6.47. The van der Waals surface area contributed by atoms with E-state index in [1.807, 2.05) is 0 Å². The Morgan fingerprint density at radius 1 is 1.32 bits per heavy atom. The van der Waals surface area contributed by atoms with E-state index in [0.29, 0.717) is 42.3 Å².